The average molecular weight is 227 g/mol. The summed E-state index contributed by atoms with van der Waals surface area (Å²) in [6.07, 6.45) is 3.74. The van der Waals surface area contributed by atoms with Gasteiger partial charge in [0.2, 0.25) is 5.96 Å². The molecule has 0 saturated heterocycles. The van der Waals surface area contributed by atoms with Crippen LogP contribution >= 0.6 is 0 Å². The van der Waals surface area contributed by atoms with Gasteiger partial charge in [0.25, 0.3) is 0 Å². The van der Waals surface area contributed by atoms with E-state index >= 15 is 0 Å². The van der Waals surface area contributed by atoms with Crippen LogP contribution in [0.3, 0.4) is 0 Å². The Kier molecular flexibility index (Phi) is 2.50. The molecular formula is C12H13N5. The highest BCUT2D eigenvalue weighted by Gasteiger charge is 2.02. The molecule has 0 bridgehead atoms. The van der Waals surface area contributed by atoms with Gasteiger partial charge < -0.3 is 10.3 Å². The number of hydrogen-bond acceptors (Lipinski definition) is 4. The summed E-state index contributed by atoms with van der Waals surface area (Å²) in [6.45, 7) is 1.69. The Balaban J connectivity index is 1.78. The molecule has 0 radical (unpaired) electrons. The summed E-state index contributed by atoms with van der Waals surface area (Å²) >= 11 is 0. The number of aromatic nitrogens is 1. The van der Waals surface area contributed by atoms with E-state index in [1.807, 2.05) is 24.4 Å². The maximum absolute atomic E-state index is 4.19. The Bertz CT molecular complexity index is 581. The first kappa shape index (κ1) is 9.89. The molecule has 0 fully saturated rings. The number of nitrogens with zero attached hydrogens (tertiary/aromatic N) is 2. The summed E-state index contributed by atoms with van der Waals surface area (Å²) in [7, 11) is 0. The number of nitrogens with one attached hydrogen (secondary N) is 3. The molecule has 86 valence electrons. The maximum atomic E-state index is 4.19. The van der Waals surface area contributed by atoms with Gasteiger partial charge in [0, 0.05) is 29.2 Å². The molecule has 5 heteroatoms. The third-order valence-electron chi connectivity index (χ3n) is 2.67. The Hall–Kier alpha value is -2.30. The molecule has 1 aromatic carbocycles. The van der Waals surface area contributed by atoms with Crippen LogP contribution in [0, 0.1) is 0 Å². The largest absolute Gasteiger partial charge is 0.361 e. The molecule has 1 aliphatic rings. The highest BCUT2D eigenvalue weighted by atomic mass is 15.4. The van der Waals surface area contributed by atoms with Crippen molar-refractivity contribution in [3.05, 3.63) is 36.0 Å². The molecular weight excluding hydrogens is 214 g/mol. The molecule has 1 aliphatic heterocycles. The van der Waals surface area contributed by atoms with E-state index < -0.39 is 0 Å². The lowest BCUT2D eigenvalue weighted by atomic mass is 10.2. The Morgan fingerprint density at radius 1 is 1.35 bits per heavy atom. The molecule has 0 aliphatic carbocycles. The molecule has 2 heterocycles. The predicted octanol–water partition coefficient (Wildman–Crippen LogP) is 1.05. The molecule has 0 atom stereocenters. The van der Waals surface area contributed by atoms with Crippen molar-refractivity contribution in [2.75, 3.05) is 13.1 Å². The highest BCUT2D eigenvalue weighted by molar-refractivity contribution is 5.99. The lowest BCUT2D eigenvalue weighted by Gasteiger charge is -1.98. The Morgan fingerprint density at radius 3 is 3.18 bits per heavy atom. The minimum absolute atomic E-state index is 0.737. The van der Waals surface area contributed by atoms with Crippen molar-refractivity contribution in [2.45, 2.75) is 0 Å². The predicted molar refractivity (Wildman–Crippen MR) is 69.3 cm³/mol. The van der Waals surface area contributed by atoms with E-state index in [1.165, 1.54) is 5.39 Å². The van der Waals surface area contributed by atoms with Crippen molar-refractivity contribution in [1.82, 2.24) is 15.7 Å². The van der Waals surface area contributed by atoms with Crippen molar-refractivity contribution < 1.29 is 0 Å². The zero-order valence-electron chi connectivity index (χ0n) is 9.27. The molecule has 1 aromatic heterocycles. The van der Waals surface area contributed by atoms with Gasteiger partial charge in [-0.2, -0.15) is 5.10 Å². The van der Waals surface area contributed by atoms with Crippen LogP contribution in [0.15, 0.2) is 40.6 Å². The van der Waals surface area contributed by atoms with E-state index in [4.69, 9.17) is 0 Å². The lowest BCUT2D eigenvalue weighted by molar-refractivity contribution is 0.920. The van der Waals surface area contributed by atoms with E-state index in [0.717, 1.165) is 30.1 Å². The van der Waals surface area contributed by atoms with Crippen molar-refractivity contribution >= 4 is 23.1 Å². The topological polar surface area (TPSA) is 64.6 Å². The number of H-pyrrole nitrogens is 1. The smallest absolute Gasteiger partial charge is 0.212 e. The Morgan fingerprint density at radius 2 is 2.29 bits per heavy atom. The fraction of sp³-hybridized carbons (Fsp3) is 0.167. The highest BCUT2D eigenvalue weighted by Crippen LogP contribution is 2.15. The normalized spacial score (nSPS) is 15.2. The summed E-state index contributed by atoms with van der Waals surface area (Å²) < 4.78 is 0. The van der Waals surface area contributed by atoms with E-state index in [9.17, 15) is 0 Å². The van der Waals surface area contributed by atoms with Crippen LogP contribution in [-0.2, 0) is 0 Å². The SMILES string of the molecule is C(=NNC1=NCCN1)c1c[nH]c2ccccc12. The lowest BCUT2D eigenvalue weighted by Crippen LogP contribution is -2.30. The first-order chi connectivity index (χ1) is 8.43. The number of para-hydroxylation sites is 1. The van der Waals surface area contributed by atoms with Gasteiger partial charge in [0.1, 0.15) is 0 Å². The third-order valence-corrected chi connectivity index (χ3v) is 2.67. The Labute approximate surface area is 98.6 Å². The van der Waals surface area contributed by atoms with Crippen LogP contribution in [0.4, 0.5) is 0 Å². The van der Waals surface area contributed by atoms with Gasteiger partial charge in [0.05, 0.1) is 12.8 Å². The van der Waals surface area contributed by atoms with E-state index in [0.29, 0.717) is 0 Å². The van der Waals surface area contributed by atoms with Crippen LogP contribution in [0.2, 0.25) is 0 Å². The summed E-state index contributed by atoms with van der Waals surface area (Å²) in [5.41, 5.74) is 5.06. The number of hydrogen-bond donors (Lipinski definition) is 3. The molecule has 0 spiro atoms. The molecule has 5 nitrogen and oxygen atoms in total. The number of fused-ring (bicyclic) bond motifs is 1. The molecule has 3 rings (SSSR count). The van der Waals surface area contributed by atoms with Crippen LogP contribution in [-0.4, -0.2) is 30.2 Å². The summed E-state index contributed by atoms with van der Waals surface area (Å²) in [5, 5.41) is 8.41. The second-order valence-corrected chi connectivity index (χ2v) is 3.82. The molecule has 0 amide bonds. The average Bonchev–Trinajstić information content (AvgIpc) is 2.99. The summed E-state index contributed by atoms with van der Waals surface area (Å²) in [5.74, 6) is 0.737. The van der Waals surface area contributed by atoms with Gasteiger partial charge in [-0.15, -0.1) is 0 Å². The monoisotopic (exact) mass is 227 g/mol. The zero-order valence-corrected chi connectivity index (χ0v) is 9.27. The quantitative estimate of drug-likeness (QED) is 0.530. The van der Waals surface area contributed by atoms with E-state index in [2.05, 4.69) is 31.9 Å². The van der Waals surface area contributed by atoms with Crippen molar-refractivity contribution in [3.63, 3.8) is 0 Å². The third kappa shape index (κ3) is 1.99. The zero-order chi connectivity index (χ0) is 11.5. The van der Waals surface area contributed by atoms with Gasteiger partial charge in [-0.1, -0.05) is 18.2 Å². The standard InChI is InChI=1S/C12H13N5/c1-2-4-11-10(3-1)9(7-15-11)8-16-17-12-13-5-6-14-12/h1-4,7-8,15H,5-6H2,(H2,13,14,17). The molecule has 17 heavy (non-hydrogen) atoms. The van der Waals surface area contributed by atoms with Crippen molar-refractivity contribution in [2.24, 2.45) is 10.1 Å². The van der Waals surface area contributed by atoms with Crippen LogP contribution in [0.1, 0.15) is 5.56 Å². The molecule has 0 unspecified atom stereocenters. The van der Waals surface area contributed by atoms with Gasteiger partial charge >= 0.3 is 0 Å². The second kappa shape index (κ2) is 4.29. The van der Waals surface area contributed by atoms with Crippen molar-refractivity contribution in [3.8, 4) is 0 Å². The number of benzene rings is 1. The first-order valence-electron chi connectivity index (χ1n) is 5.57. The summed E-state index contributed by atoms with van der Waals surface area (Å²) in [4.78, 5) is 7.39. The minimum Gasteiger partial charge on any atom is -0.361 e. The number of aromatic amines is 1. The van der Waals surface area contributed by atoms with Gasteiger partial charge in [0.15, 0.2) is 0 Å². The fourth-order valence-corrected chi connectivity index (χ4v) is 1.84. The fourth-order valence-electron chi connectivity index (χ4n) is 1.84. The van der Waals surface area contributed by atoms with Gasteiger partial charge in [-0.3, -0.25) is 0 Å². The van der Waals surface area contributed by atoms with Gasteiger partial charge in [-0.25, -0.2) is 10.4 Å². The number of rotatable bonds is 2. The van der Waals surface area contributed by atoms with Gasteiger partial charge in [-0.05, 0) is 6.07 Å². The number of hydrazone groups is 1. The van der Waals surface area contributed by atoms with Crippen LogP contribution in [0.25, 0.3) is 10.9 Å². The molecule has 0 saturated carbocycles. The van der Waals surface area contributed by atoms with Crippen LogP contribution < -0.4 is 10.7 Å². The minimum atomic E-state index is 0.737. The number of aliphatic imine (C=N–C) groups is 1. The number of guanidine groups is 1. The second-order valence-electron chi connectivity index (χ2n) is 3.82. The van der Waals surface area contributed by atoms with E-state index in [-0.39, 0.29) is 0 Å². The maximum Gasteiger partial charge on any atom is 0.212 e. The molecule has 3 N–H and O–H groups in total. The van der Waals surface area contributed by atoms with E-state index in [1.54, 1.807) is 6.21 Å². The van der Waals surface area contributed by atoms with Crippen molar-refractivity contribution in [1.29, 1.82) is 0 Å². The van der Waals surface area contributed by atoms with Crippen LogP contribution in [0.5, 0.6) is 0 Å². The summed E-state index contributed by atoms with van der Waals surface area (Å²) in [6, 6.07) is 8.14. The molecule has 2 aromatic rings. The first-order valence-corrected chi connectivity index (χ1v) is 5.57.